The van der Waals surface area contributed by atoms with Crippen molar-refractivity contribution in [2.75, 3.05) is 6.61 Å². The molecule has 0 radical (unpaired) electrons. The van der Waals surface area contributed by atoms with E-state index < -0.39 is 0 Å². The summed E-state index contributed by atoms with van der Waals surface area (Å²) in [6.45, 7) is 6.19. The van der Waals surface area contributed by atoms with Crippen LogP contribution in [0.15, 0.2) is 24.3 Å². The Hall–Kier alpha value is -1.39. The van der Waals surface area contributed by atoms with Crippen LogP contribution in [0.2, 0.25) is 0 Å². The number of aliphatic hydroxyl groups is 1. The summed E-state index contributed by atoms with van der Waals surface area (Å²) in [4.78, 5) is 0. The van der Waals surface area contributed by atoms with Crippen LogP contribution in [0.25, 0.3) is 10.9 Å². The van der Waals surface area contributed by atoms with Gasteiger partial charge in [-0.05, 0) is 32.8 Å². The summed E-state index contributed by atoms with van der Waals surface area (Å²) in [7, 11) is 0. The Morgan fingerprint density at radius 3 is 2.89 bits per heavy atom. The number of nitrogens with one attached hydrogen (secondary N) is 1. The normalized spacial score (nSPS) is 13.0. The molecule has 0 aliphatic heterocycles. The Morgan fingerprint density at radius 1 is 1.37 bits per heavy atom. The summed E-state index contributed by atoms with van der Waals surface area (Å²) in [5.74, 6) is 0. The molecule has 4 heteroatoms. The number of aliphatic hydroxyl groups excluding tert-OH is 1. The highest BCUT2D eigenvalue weighted by Crippen LogP contribution is 2.18. The van der Waals surface area contributed by atoms with E-state index in [-0.39, 0.29) is 6.61 Å². The first kappa shape index (κ1) is 14.0. The van der Waals surface area contributed by atoms with Gasteiger partial charge in [-0.1, -0.05) is 18.2 Å². The van der Waals surface area contributed by atoms with E-state index in [1.807, 2.05) is 4.68 Å². The molecule has 104 valence electrons. The predicted octanol–water partition coefficient (Wildman–Crippen LogP) is 2.31. The fraction of sp³-hybridized carbons (Fsp3) is 0.533. The van der Waals surface area contributed by atoms with E-state index in [1.54, 1.807) is 0 Å². The second-order valence-corrected chi connectivity index (χ2v) is 4.93. The molecule has 0 fully saturated rings. The van der Waals surface area contributed by atoms with E-state index in [4.69, 9.17) is 5.11 Å². The van der Waals surface area contributed by atoms with Gasteiger partial charge in [0.1, 0.15) is 0 Å². The highest BCUT2D eigenvalue weighted by atomic mass is 16.2. The first-order valence-electron chi connectivity index (χ1n) is 7.05. The molecule has 0 bridgehead atoms. The van der Waals surface area contributed by atoms with Crippen LogP contribution in [0, 0.1) is 0 Å². The van der Waals surface area contributed by atoms with Gasteiger partial charge in [0.25, 0.3) is 0 Å². The van der Waals surface area contributed by atoms with Crippen LogP contribution in [0.4, 0.5) is 0 Å². The average Bonchev–Trinajstić information content (AvgIpc) is 2.81. The molecule has 0 spiro atoms. The van der Waals surface area contributed by atoms with Crippen LogP contribution >= 0.6 is 0 Å². The minimum atomic E-state index is 0.263. The molecule has 0 saturated carbocycles. The largest absolute Gasteiger partial charge is 0.396 e. The number of para-hydroxylation sites is 1. The lowest BCUT2D eigenvalue weighted by Crippen LogP contribution is -2.26. The second kappa shape index (κ2) is 6.68. The lowest BCUT2D eigenvalue weighted by molar-refractivity contribution is 0.276. The standard InChI is InChI=1S/C15H23N3O/c1-3-18-15-9-5-4-8-13(15)14(17-18)11-16-12(2)7-6-10-19/h4-5,8-9,12,16,19H,3,6-7,10-11H2,1-2H3. The summed E-state index contributed by atoms with van der Waals surface area (Å²) >= 11 is 0. The molecule has 1 aromatic heterocycles. The number of benzene rings is 1. The SMILES string of the molecule is CCn1nc(CNC(C)CCCO)c2ccccc21. The number of fused-ring (bicyclic) bond motifs is 1. The highest BCUT2D eigenvalue weighted by molar-refractivity contribution is 5.81. The van der Waals surface area contributed by atoms with Crippen LogP contribution in [0.1, 0.15) is 32.4 Å². The topological polar surface area (TPSA) is 50.1 Å². The van der Waals surface area contributed by atoms with Crippen LogP contribution in [0.5, 0.6) is 0 Å². The third kappa shape index (κ3) is 3.33. The molecule has 19 heavy (non-hydrogen) atoms. The van der Waals surface area contributed by atoms with Crippen LogP contribution < -0.4 is 5.32 Å². The van der Waals surface area contributed by atoms with Gasteiger partial charge in [0, 0.05) is 31.1 Å². The van der Waals surface area contributed by atoms with Crippen molar-refractivity contribution in [2.24, 2.45) is 0 Å². The molecule has 1 unspecified atom stereocenters. The van der Waals surface area contributed by atoms with E-state index in [0.717, 1.165) is 31.6 Å². The molecule has 4 nitrogen and oxygen atoms in total. The van der Waals surface area contributed by atoms with E-state index in [0.29, 0.717) is 6.04 Å². The summed E-state index contributed by atoms with van der Waals surface area (Å²) in [5.41, 5.74) is 2.30. The van der Waals surface area contributed by atoms with E-state index in [1.165, 1.54) is 10.9 Å². The molecular formula is C15H23N3O. The Balaban J connectivity index is 2.08. The Labute approximate surface area is 114 Å². The van der Waals surface area contributed by atoms with E-state index in [2.05, 4.69) is 48.5 Å². The third-order valence-corrected chi connectivity index (χ3v) is 3.45. The average molecular weight is 261 g/mol. The summed E-state index contributed by atoms with van der Waals surface area (Å²) in [5, 5.41) is 18.2. The molecule has 2 rings (SSSR count). The van der Waals surface area contributed by atoms with E-state index >= 15 is 0 Å². The van der Waals surface area contributed by atoms with Gasteiger partial charge in [0.2, 0.25) is 0 Å². The minimum absolute atomic E-state index is 0.263. The molecule has 0 aliphatic carbocycles. The second-order valence-electron chi connectivity index (χ2n) is 4.93. The molecule has 0 aliphatic rings. The third-order valence-electron chi connectivity index (χ3n) is 3.45. The molecule has 2 N–H and O–H groups in total. The first-order chi connectivity index (χ1) is 9.26. The van der Waals surface area contributed by atoms with Gasteiger partial charge < -0.3 is 10.4 Å². The zero-order valence-electron chi connectivity index (χ0n) is 11.8. The van der Waals surface area contributed by atoms with Crippen molar-refractivity contribution >= 4 is 10.9 Å². The highest BCUT2D eigenvalue weighted by Gasteiger charge is 2.09. The Bertz CT molecular complexity index is 521. The summed E-state index contributed by atoms with van der Waals surface area (Å²) in [6, 6.07) is 8.76. The molecule has 2 aromatic rings. The molecule has 0 saturated heterocycles. The van der Waals surface area contributed by atoms with Crippen molar-refractivity contribution in [3.05, 3.63) is 30.0 Å². The summed E-state index contributed by atoms with van der Waals surface area (Å²) < 4.78 is 2.05. The number of hydrogen-bond donors (Lipinski definition) is 2. The van der Waals surface area contributed by atoms with Crippen molar-refractivity contribution in [2.45, 2.75) is 45.8 Å². The van der Waals surface area contributed by atoms with Crippen molar-refractivity contribution in [1.29, 1.82) is 0 Å². The van der Waals surface area contributed by atoms with Gasteiger partial charge in [-0.3, -0.25) is 4.68 Å². The maximum Gasteiger partial charge on any atom is 0.0841 e. The van der Waals surface area contributed by atoms with Gasteiger partial charge in [-0.25, -0.2) is 0 Å². The molecular weight excluding hydrogens is 238 g/mol. The number of nitrogens with zero attached hydrogens (tertiary/aromatic N) is 2. The van der Waals surface area contributed by atoms with Gasteiger partial charge in [-0.2, -0.15) is 5.10 Å². The Morgan fingerprint density at radius 2 is 2.16 bits per heavy atom. The van der Waals surface area contributed by atoms with Gasteiger partial charge in [-0.15, -0.1) is 0 Å². The summed E-state index contributed by atoms with van der Waals surface area (Å²) in [6.07, 6.45) is 1.83. The predicted molar refractivity (Wildman–Crippen MR) is 78.0 cm³/mol. The lowest BCUT2D eigenvalue weighted by atomic mass is 10.1. The van der Waals surface area contributed by atoms with Gasteiger partial charge in [0.15, 0.2) is 0 Å². The maximum atomic E-state index is 8.83. The lowest BCUT2D eigenvalue weighted by Gasteiger charge is -2.11. The van der Waals surface area contributed by atoms with Crippen molar-refractivity contribution < 1.29 is 5.11 Å². The van der Waals surface area contributed by atoms with Crippen molar-refractivity contribution in [1.82, 2.24) is 15.1 Å². The van der Waals surface area contributed by atoms with E-state index in [9.17, 15) is 0 Å². The number of aromatic nitrogens is 2. The van der Waals surface area contributed by atoms with Gasteiger partial charge in [0.05, 0.1) is 11.2 Å². The van der Waals surface area contributed by atoms with Gasteiger partial charge >= 0.3 is 0 Å². The zero-order chi connectivity index (χ0) is 13.7. The first-order valence-corrected chi connectivity index (χ1v) is 7.05. The molecule has 1 aromatic carbocycles. The molecule has 1 heterocycles. The van der Waals surface area contributed by atoms with Crippen LogP contribution in [-0.4, -0.2) is 27.5 Å². The van der Waals surface area contributed by atoms with Crippen molar-refractivity contribution in [3.63, 3.8) is 0 Å². The van der Waals surface area contributed by atoms with Crippen LogP contribution in [0.3, 0.4) is 0 Å². The zero-order valence-corrected chi connectivity index (χ0v) is 11.8. The molecule has 1 atom stereocenters. The molecule has 0 amide bonds. The van der Waals surface area contributed by atoms with Crippen molar-refractivity contribution in [3.8, 4) is 0 Å². The van der Waals surface area contributed by atoms with Crippen LogP contribution in [-0.2, 0) is 13.1 Å². The number of rotatable bonds is 7. The Kier molecular flexibility index (Phi) is 4.93. The fourth-order valence-electron chi connectivity index (χ4n) is 2.34. The maximum absolute atomic E-state index is 8.83. The minimum Gasteiger partial charge on any atom is -0.396 e. The quantitative estimate of drug-likeness (QED) is 0.804. The monoisotopic (exact) mass is 261 g/mol. The number of hydrogen-bond acceptors (Lipinski definition) is 3. The number of aryl methyl sites for hydroxylation is 1. The fourth-order valence-corrected chi connectivity index (χ4v) is 2.34. The smallest absolute Gasteiger partial charge is 0.0841 e.